The first kappa shape index (κ1) is 8.38. The topological polar surface area (TPSA) is 58.3 Å². The van der Waals surface area contributed by atoms with Crippen LogP contribution in [0.4, 0.5) is 5.69 Å². The second-order valence-corrected chi connectivity index (χ2v) is 3.55. The molecule has 0 heterocycles. The number of hydrogen-bond acceptors (Lipinski definition) is 3. The van der Waals surface area contributed by atoms with E-state index >= 15 is 0 Å². The number of phenolic OH excluding ortho intramolecular Hbond substituents is 1. The number of anilines is 1. The van der Waals surface area contributed by atoms with Crippen LogP contribution in [-0.2, 0) is 6.54 Å². The smallest absolute Gasteiger partial charge is 0.138 e. The molecule has 1 aliphatic carbocycles. The molecule has 1 aromatic rings. The molecule has 4 N–H and O–H groups in total. The summed E-state index contributed by atoms with van der Waals surface area (Å²) in [6, 6.07) is 6.04. The van der Waals surface area contributed by atoms with Gasteiger partial charge in [-0.2, -0.15) is 0 Å². The van der Waals surface area contributed by atoms with Gasteiger partial charge in [-0.1, -0.05) is 6.07 Å². The van der Waals surface area contributed by atoms with Crippen LogP contribution in [0, 0.1) is 0 Å². The third kappa shape index (κ3) is 2.12. The molecule has 3 heteroatoms. The summed E-state index contributed by atoms with van der Waals surface area (Å²) in [6.45, 7) is 0.842. The number of nitrogen functional groups attached to an aromatic ring is 1. The lowest BCUT2D eigenvalue weighted by atomic mass is 10.2. The van der Waals surface area contributed by atoms with Crippen LogP contribution < -0.4 is 11.1 Å². The van der Waals surface area contributed by atoms with E-state index in [9.17, 15) is 5.11 Å². The number of aromatic hydroxyl groups is 1. The van der Waals surface area contributed by atoms with Gasteiger partial charge in [-0.15, -0.1) is 0 Å². The molecule has 70 valence electrons. The molecule has 0 aliphatic heterocycles. The number of nitrogens with two attached hydrogens (primary N) is 1. The van der Waals surface area contributed by atoms with Crippen LogP contribution in [0.3, 0.4) is 0 Å². The summed E-state index contributed by atoms with van der Waals surface area (Å²) >= 11 is 0. The van der Waals surface area contributed by atoms with Crippen LogP contribution in [0.2, 0.25) is 0 Å². The van der Waals surface area contributed by atoms with Crippen molar-refractivity contribution < 1.29 is 5.11 Å². The number of hydrogen-bond donors (Lipinski definition) is 3. The normalized spacial score (nSPS) is 16.0. The van der Waals surface area contributed by atoms with Crippen LogP contribution >= 0.6 is 0 Å². The molecule has 1 saturated carbocycles. The van der Waals surface area contributed by atoms with E-state index in [0.29, 0.717) is 11.7 Å². The van der Waals surface area contributed by atoms with E-state index in [1.165, 1.54) is 12.8 Å². The summed E-state index contributed by atoms with van der Waals surface area (Å²) < 4.78 is 0. The van der Waals surface area contributed by atoms with Crippen LogP contribution in [-0.4, -0.2) is 11.1 Å². The summed E-state index contributed by atoms with van der Waals surface area (Å²) in [4.78, 5) is 0. The second-order valence-electron chi connectivity index (χ2n) is 3.55. The maximum absolute atomic E-state index is 9.19. The van der Waals surface area contributed by atoms with Crippen LogP contribution in [0.1, 0.15) is 18.4 Å². The molecule has 0 atom stereocenters. The molecule has 1 aromatic carbocycles. The Hall–Kier alpha value is -1.22. The van der Waals surface area contributed by atoms with E-state index in [1.807, 2.05) is 12.1 Å². The summed E-state index contributed by atoms with van der Waals surface area (Å²) in [7, 11) is 0. The molecule has 0 aromatic heterocycles. The molecule has 13 heavy (non-hydrogen) atoms. The van der Waals surface area contributed by atoms with Gasteiger partial charge in [-0.05, 0) is 30.5 Å². The van der Waals surface area contributed by atoms with Crippen molar-refractivity contribution in [3.05, 3.63) is 23.8 Å². The lowest BCUT2D eigenvalue weighted by molar-refractivity contribution is 0.477. The second kappa shape index (κ2) is 3.26. The van der Waals surface area contributed by atoms with Crippen molar-refractivity contribution in [1.82, 2.24) is 5.32 Å². The molecule has 1 aliphatic rings. The first-order valence-electron chi connectivity index (χ1n) is 4.56. The Morgan fingerprint density at radius 3 is 2.85 bits per heavy atom. The first-order valence-corrected chi connectivity index (χ1v) is 4.56. The fourth-order valence-corrected chi connectivity index (χ4v) is 1.26. The van der Waals surface area contributed by atoms with E-state index in [2.05, 4.69) is 5.32 Å². The summed E-state index contributed by atoms with van der Waals surface area (Å²) in [5.41, 5.74) is 7.15. The van der Waals surface area contributed by atoms with Gasteiger partial charge in [0.25, 0.3) is 0 Å². The fourth-order valence-electron chi connectivity index (χ4n) is 1.26. The molecule has 1 fully saturated rings. The fraction of sp³-hybridized carbons (Fsp3) is 0.400. The van der Waals surface area contributed by atoms with E-state index < -0.39 is 0 Å². The predicted molar refractivity (Wildman–Crippen MR) is 52.4 cm³/mol. The Labute approximate surface area is 77.6 Å². The minimum atomic E-state index is 0.162. The Balaban J connectivity index is 1.98. The third-order valence-electron chi connectivity index (χ3n) is 2.26. The molecule has 2 rings (SSSR count). The largest absolute Gasteiger partial charge is 0.506 e. The van der Waals surface area contributed by atoms with Crippen LogP contribution in [0.5, 0.6) is 5.75 Å². The van der Waals surface area contributed by atoms with Gasteiger partial charge in [-0.3, -0.25) is 0 Å². The standard InChI is InChI=1S/C10H14N2O/c11-9-5-7(1-4-10(9)13)6-12-8-2-3-8/h1,4-5,8,12-13H,2-3,6,11H2. The summed E-state index contributed by atoms with van der Waals surface area (Å²) in [5, 5.41) is 12.6. The lowest BCUT2D eigenvalue weighted by Crippen LogP contribution is -2.15. The van der Waals surface area contributed by atoms with E-state index in [-0.39, 0.29) is 5.75 Å². The zero-order chi connectivity index (χ0) is 9.26. The Kier molecular flexibility index (Phi) is 2.10. The highest BCUT2D eigenvalue weighted by atomic mass is 16.3. The van der Waals surface area contributed by atoms with Gasteiger partial charge in [-0.25, -0.2) is 0 Å². The maximum atomic E-state index is 9.19. The molecule has 0 unspecified atom stereocenters. The van der Waals surface area contributed by atoms with Crippen LogP contribution in [0.25, 0.3) is 0 Å². The highest BCUT2D eigenvalue weighted by Gasteiger charge is 2.19. The maximum Gasteiger partial charge on any atom is 0.138 e. The van der Waals surface area contributed by atoms with Crippen molar-refractivity contribution in [2.75, 3.05) is 5.73 Å². The van der Waals surface area contributed by atoms with Gasteiger partial charge in [0.15, 0.2) is 0 Å². The first-order chi connectivity index (χ1) is 6.25. The zero-order valence-corrected chi connectivity index (χ0v) is 7.46. The van der Waals surface area contributed by atoms with Crippen molar-refractivity contribution in [2.24, 2.45) is 0 Å². The van der Waals surface area contributed by atoms with Gasteiger partial charge in [0.2, 0.25) is 0 Å². The molecule has 0 saturated heterocycles. The Bertz CT molecular complexity index is 308. The van der Waals surface area contributed by atoms with Gasteiger partial charge in [0.1, 0.15) is 5.75 Å². The van der Waals surface area contributed by atoms with Gasteiger partial charge >= 0.3 is 0 Å². The van der Waals surface area contributed by atoms with Crippen molar-refractivity contribution in [1.29, 1.82) is 0 Å². The quantitative estimate of drug-likeness (QED) is 0.482. The summed E-state index contributed by atoms with van der Waals surface area (Å²) in [5.74, 6) is 0.162. The average molecular weight is 178 g/mol. The molecule has 0 amide bonds. The van der Waals surface area contributed by atoms with Crippen molar-refractivity contribution in [3.8, 4) is 5.75 Å². The average Bonchev–Trinajstić information content (AvgIpc) is 2.91. The Morgan fingerprint density at radius 1 is 1.46 bits per heavy atom. The monoisotopic (exact) mass is 178 g/mol. The predicted octanol–water partition coefficient (Wildman–Crippen LogP) is 1.23. The number of phenols is 1. The minimum Gasteiger partial charge on any atom is -0.506 e. The zero-order valence-electron chi connectivity index (χ0n) is 7.46. The highest BCUT2D eigenvalue weighted by Crippen LogP contribution is 2.22. The van der Waals surface area contributed by atoms with Crippen molar-refractivity contribution in [2.45, 2.75) is 25.4 Å². The number of rotatable bonds is 3. The number of nitrogens with one attached hydrogen (secondary N) is 1. The molecular weight excluding hydrogens is 164 g/mol. The van der Waals surface area contributed by atoms with E-state index in [1.54, 1.807) is 6.07 Å². The van der Waals surface area contributed by atoms with E-state index in [4.69, 9.17) is 5.73 Å². The highest BCUT2D eigenvalue weighted by molar-refractivity contribution is 5.53. The SMILES string of the molecule is Nc1cc(CNC2CC2)ccc1O. The molecule has 3 nitrogen and oxygen atoms in total. The summed E-state index contributed by atoms with van der Waals surface area (Å²) in [6.07, 6.45) is 2.57. The molecule has 0 radical (unpaired) electrons. The number of benzene rings is 1. The van der Waals surface area contributed by atoms with Gasteiger partial charge in [0, 0.05) is 12.6 Å². The molecular formula is C10H14N2O. The van der Waals surface area contributed by atoms with Gasteiger partial charge < -0.3 is 16.2 Å². The molecule has 0 spiro atoms. The molecule has 0 bridgehead atoms. The van der Waals surface area contributed by atoms with E-state index in [0.717, 1.165) is 12.1 Å². The minimum absolute atomic E-state index is 0.162. The van der Waals surface area contributed by atoms with Crippen LogP contribution in [0.15, 0.2) is 18.2 Å². The van der Waals surface area contributed by atoms with Gasteiger partial charge in [0.05, 0.1) is 5.69 Å². The third-order valence-corrected chi connectivity index (χ3v) is 2.26. The van der Waals surface area contributed by atoms with Crippen molar-refractivity contribution in [3.63, 3.8) is 0 Å². The Morgan fingerprint density at radius 2 is 2.23 bits per heavy atom. The lowest BCUT2D eigenvalue weighted by Gasteiger charge is -2.04. The van der Waals surface area contributed by atoms with Crippen molar-refractivity contribution >= 4 is 5.69 Å².